The molecule has 0 spiro atoms. The Labute approximate surface area is 158 Å². The third kappa shape index (κ3) is 4.48. The molecule has 1 aliphatic rings. The number of nitrogens with zero attached hydrogens (tertiary/aromatic N) is 3. The fourth-order valence-electron chi connectivity index (χ4n) is 3.35. The molecule has 2 aromatic heterocycles. The van der Waals surface area contributed by atoms with Gasteiger partial charge in [0.2, 0.25) is 0 Å². The Morgan fingerprint density at radius 1 is 0.963 bits per heavy atom. The minimum atomic E-state index is -0.159. The zero-order valence-electron chi connectivity index (χ0n) is 15.2. The van der Waals surface area contributed by atoms with Crippen molar-refractivity contribution < 1.29 is 0 Å². The number of rotatable bonds is 4. The maximum absolute atomic E-state index is 12.1. The van der Waals surface area contributed by atoms with Gasteiger partial charge in [-0.15, -0.1) is 0 Å². The second kappa shape index (κ2) is 8.24. The topological polar surface area (TPSA) is 73.9 Å². The number of benzene rings is 1. The first-order valence-electron chi connectivity index (χ1n) is 9.32. The molecule has 4 rings (SSSR count). The fraction of sp³-hybridized carbons (Fsp3) is 0.286. The molecule has 27 heavy (non-hydrogen) atoms. The van der Waals surface area contributed by atoms with Crippen LogP contribution in [0.25, 0.3) is 22.6 Å². The van der Waals surface area contributed by atoms with E-state index in [9.17, 15) is 4.79 Å². The molecule has 6 nitrogen and oxygen atoms in total. The normalized spacial score (nSPS) is 15.4. The van der Waals surface area contributed by atoms with Crippen LogP contribution < -0.4 is 10.9 Å². The lowest BCUT2D eigenvalue weighted by Gasteiger charge is -2.19. The summed E-state index contributed by atoms with van der Waals surface area (Å²) in [6, 6.07) is 13.5. The monoisotopic (exact) mass is 361 g/mol. The van der Waals surface area contributed by atoms with E-state index in [0.717, 1.165) is 43.9 Å². The lowest BCUT2D eigenvalue weighted by molar-refractivity contribution is 0.284. The van der Waals surface area contributed by atoms with Gasteiger partial charge in [0.15, 0.2) is 0 Å². The number of nitrogens with one attached hydrogen (secondary N) is 2. The zero-order chi connectivity index (χ0) is 18.5. The molecule has 0 saturated carbocycles. The van der Waals surface area contributed by atoms with Crippen molar-refractivity contribution in [2.75, 3.05) is 26.2 Å². The standard InChI is InChI=1S/C21H23N5O/c27-20-14-19(17-6-9-23-10-7-17)24-21(25-20)18-4-2-16(3-5-18)15-26-12-1-8-22-11-13-26/h2-7,9-10,14,22H,1,8,11-13,15H2,(H,24,25,27). The average molecular weight is 361 g/mol. The first-order valence-corrected chi connectivity index (χ1v) is 9.32. The van der Waals surface area contributed by atoms with Gasteiger partial charge in [0.1, 0.15) is 5.82 Å². The largest absolute Gasteiger partial charge is 0.315 e. The Morgan fingerprint density at radius 2 is 1.78 bits per heavy atom. The van der Waals surface area contributed by atoms with E-state index in [0.29, 0.717) is 11.5 Å². The molecule has 1 fully saturated rings. The first kappa shape index (κ1) is 17.6. The lowest BCUT2D eigenvalue weighted by atomic mass is 10.1. The highest BCUT2D eigenvalue weighted by molar-refractivity contribution is 5.63. The summed E-state index contributed by atoms with van der Waals surface area (Å²) in [6.07, 6.45) is 4.58. The summed E-state index contributed by atoms with van der Waals surface area (Å²) in [4.78, 5) is 26.1. The van der Waals surface area contributed by atoms with Crippen molar-refractivity contribution in [2.24, 2.45) is 0 Å². The molecule has 3 aromatic rings. The Morgan fingerprint density at radius 3 is 2.59 bits per heavy atom. The van der Waals surface area contributed by atoms with E-state index in [1.807, 2.05) is 24.3 Å². The number of pyridine rings is 1. The van der Waals surface area contributed by atoms with E-state index in [4.69, 9.17) is 0 Å². The summed E-state index contributed by atoms with van der Waals surface area (Å²) >= 11 is 0. The number of aromatic amines is 1. The molecular weight excluding hydrogens is 338 g/mol. The van der Waals surface area contributed by atoms with Gasteiger partial charge in [0, 0.05) is 49.2 Å². The van der Waals surface area contributed by atoms with Crippen LogP contribution in [0, 0.1) is 0 Å². The molecule has 0 atom stereocenters. The molecule has 6 heteroatoms. The molecule has 0 amide bonds. The molecule has 0 bridgehead atoms. The Bertz CT molecular complexity index is 929. The van der Waals surface area contributed by atoms with Crippen molar-refractivity contribution in [2.45, 2.75) is 13.0 Å². The van der Waals surface area contributed by atoms with Crippen LogP contribution in [-0.2, 0) is 6.54 Å². The molecule has 138 valence electrons. The third-order valence-electron chi connectivity index (χ3n) is 4.78. The highest BCUT2D eigenvalue weighted by Gasteiger charge is 2.10. The van der Waals surface area contributed by atoms with Crippen LogP contribution in [0.15, 0.2) is 59.7 Å². The van der Waals surface area contributed by atoms with Crippen molar-refractivity contribution in [1.29, 1.82) is 0 Å². The van der Waals surface area contributed by atoms with Crippen LogP contribution in [0.4, 0.5) is 0 Å². The van der Waals surface area contributed by atoms with Gasteiger partial charge in [-0.1, -0.05) is 24.3 Å². The maximum atomic E-state index is 12.1. The van der Waals surface area contributed by atoms with Gasteiger partial charge in [-0.3, -0.25) is 14.7 Å². The van der Waals surface area contributed by atoms with Gasteiger partial charge in [0.25, 0.3) is 5.56 Å². The summed E-state index contributed by atoms with van der Waals surface area (Å²) in [5.74, 6) is 0.583. The van der Waals surface area contributed by atoms with E-state index in [1.54, 1.807) is 12.4 Å². The summed E-state index contributed by atoms with van der Waals surface area (Å²) in [6.45, 7) is 5.29. The van der Waals surface area contributed by atoms with Gasteiger partial charge < -0.3 is 10.3 Å². The lowest BCUT2D eigenvalue weighted by Crippen LogP contribution is -2.27. The molecule has 0 radical (unpaired) electrons. The molecule has 2 N–H and O–H groups in total. The van der Waals surface area contributed by atoms with Crippen molar-refractivity contribution in [3.05, 3.63) is 70.8 Å². The van der Waals surface area contributed by atoms with E-state index in [1.165, 1.54) is 18.1 Å². The zero-order valence-corrected chi connectivity index (χ0v) is 15.2. The van der Waals surface area contributed by atoms with Gasteiger partial charge in [0.05, 0.1) is 5.69 Å². The Hall–Kier alpha value is -2.83. The van der Waals surface area contributed by atoms with E-state index in [-0.39, 0.29) is 5.56 Å². The summed E-state index contributed by atoms with van der Waals surface area (Å²) < 4.78 is 0. The van der Waals surface area contributed by atoms with E-state index in [2.05, 4.69) is 37.3 Å². The van der Waals surface area contributed by atoms with Crippen LogP contribution in [0.2, 0.25) is 0 Å². The number of H-pyrrole nitrogens is 1. The summed E-state index contributed by atoms with van der Waals surface area (Å²) in [5.41, 5.74) is 3.55. The maximum Gasteiger partial charge on any atom is 0.251 e. The second-order valence-electron chi connectivity index (χ2n) is 6.79. The van der Waals surface area contributed by atoms with Gasteiger partial charge in [-0.05, 0) is 37.2 Å². The average Bonchev–Trinajstić information content (AvgIpc) is 2.97. The number of hydrogen-bond donors (Lipinski definition) is 2. The molecule has 1 aliphatic heterocycles. The second-order valence-corrected chi connectivity index (χ2v) is 6.79. The van der Waals surface area contributed by atoms with Crippen LogP contribution in [0.5, 0.6) is 0 Å². The predicted molar refractivity (Wildman–Crippen MR) is 106 cm³/mol. The molecule has 1 aromatic carbocycles. The minimum Gasteiger partial charge on any atom is -0.315 e. The summed E-state index contributed by atoms with van der Waals surface area (Å²) in [5, 5.41) is 3.43. The van der Waals surface area contributed by atoms with Crippen molar-refractivity contribution in [3.63, 3.8) is 0 Å². The van der Waals surface area contributed by atoms with Crippen LogP contribution in [0.1, 0.15) is 12.0 Å². The molecular formula is C21H23N5O. The van der Waals surface area contributed by atoms with E-state index < -0.39 is 0 Å². The number of hydrogen-bond acceptors (Lipinski definition) is 5. The molecule has 0 unspecified atom stereocenters. The quantitative estimate of drug-likeness (QED) is 0.746. The van der Waals surface area contributed by atoms with Crippen molar-refractivity contribution in [3.8, 4) is 22.6 Å². The number of aromatic nitrogens is 3. The van der Waals surface area contributed by atoms with E-state index >= 15 is 0 Å². The van der Waals surface area contributed by atoms with Crippen LogP contribution >= 0.6 is 0 Å². The van der Waals surface area contributed by atoms with Crippen LogP contribution in [-0.4, -0.2) is 46.0 Å². The van der Waals surface area contributed by atoms with Crippen LogP contribution in [0.3, 0.4) is 0 Å². The van der Waals surface area contributed by atoms with Crippen molar-refractivity contribution in [1.82, 2.24) is 25.2 Å². The molecule has 0 aliphatic carbocycles. The highest BCUT2D eigenvalue weighted by Crippen LogP contribution is 2.20. The fourth-order valence-corrected chi connectivity index (χ4v) is 3.35. The first-order chi connectivity index (χ1) is 13.3. The third-order valence-corrected chi connectivity index (χ3v) is 4.78. The SMILES string of the molecule is O=c1cc(-c2ccncc2)nc(-c2ccc(CN3CCCNCC3)cc2)[nH]1. The Kier molecular flexibility index (Phi) is 5.37. The minimum absolute atomic E-state index is 0.159. The highest BCUT2D eigenvalue weighted by atomic mass is 16.1. The smallest absolute Gasteiger partial charge is 0.251 e. The molecule has 3 heterocycles. The van der Waals surface area contributed by atoms with Gasteiger partial charge >= 0.3 is 0 Å². The van der Waals surface area contributed by atoms with Crippen molar-refractivity contribution >= 4 is 0 Å². The predicted octanol–water partition coefficient (Wildman–Crippen LogP) is 2.29. The van der Waals surface area contributed by atoms with Gasteiger partial charge in [-0.2, -0.15) is 0 Å². The van der Waals surface area contributed by atoms with Gasteiger partial charge in [-0.25, -0.2) is 4.98 Å². The Balaban J connectivity index is 1.55. The summed E-state index contributed by atoms with van der Waals surface area (Å²) in [7, 11) is 0. The molecule has 1 saturated heterocycles.